The van der Waals surface area contributed by atoms with Crippen LogP contribution in [0.2, 0.25) is 0 Å². The highest BCUT2D eigenvalue weighted by atomic mass is 16.1. The van der Waals surface area contributed by atoms with Crippen LogP contribution in [0.4, 0.5) is 0 Å². The summed E-state index contributed by atoms with van der Waals surface area (Å²) in [4.78, 5) is 11.2. The largest absolute Gasteiger partial charge is 0.296 e. The smallest absolute Gasteiger partial charge is 0.172 e. The van der Waals surface area contributed by atoms with E-state index < -0.39 is 0 Å². The minimum atomic E-state index is -0.198. The second-order valence-electron chi connectivity index (χ2n) is 5.82. The van der Waals surface area contributed by atoms with Crippen LogP contribution in [0.1, 0.15) is 48.1 Å². The third kappa shape index (κ3) is 2.30. The van der Waals surface area contributed by atoms with Gasteiger partial charge >= 0.3 is 0 Å². The Morgan fingerprint density at radius 3 is 2.47 bits per heavy atom. The fourth-order valence-corrected chi connectivity index (χ4v) is 2.21. The summed E-state index contributed by atoms with van der Waals surface area (Å²) in [5.74, 6) is 0. The van der Waals surface area contributed by atoms with Gasteiger partial charge in [-0.3, -0.25) is 4.79 Å². The van der Waals surface area contributed by atoms with Crippen molar-refractivity contribution < 1.29 is 4.79 Å². The molecular weight excluding hydrogens is 238 g/mol. The monoisotopic (exact) mass is 257 g/mol. The topological polar surface area (TPSA) is 47.8 Å². The maximum Gasteiger partial charge on any atom is 0.172 e. The second kappa shape index (κ2) is 4.61. The number of nitrogens with zero attached hydrogens (tertiary/aromatic N) is 3. The van der Waals surface area contributed by atoms with Gasteiger partial charge in [-0.2, -0.15) is 0 Å². The summed E-state index contributed by atoms with van der Waals surface area (Å²) in [6.45, 7) is 10.3. The fraction of sp³-hybridized carbons (Fsp3) is 0.400. The maximum atomic E-state index is 11.2. The van der Waals surface area contributed by atoms with E-state index in [2.05, 4.69) is 51.0 Å². The van der Waals surface area contributed by atoms with E-state index in [0.29, 0.717) is 5.69 Å². The average molecular weight is 257 g/mol. The Kier molecular flexibility index (Phi) is 3.27. The number of carbonyl (C=O) groups is 1. The van der Waals surface area contributed by atoms with E-state index in [1.54, 1.807) is 4.68 Å². The van der Waals surface area contributed by atoms with Crippen LogP contribution in [0.5, 0.6) is 0 Å². The molecule has 100 valence electrons. The van der Waals surface area contributed by atoms with Crippen LogP contribution in [0.15, 0.2) is 18.2 Å². The number of hydrogen-bond donors (Lipinski definition) is 0. The number of aromatic nitrogens is 3. The van der Waals surface area contributed by atoms with Crippen LogP contribution in [0.25, 0.3) is 5.69 Å². The summed E-state index contributed by atoms with van der Waals surface area (Å²) in [6.07, 6.45) is 0.773. The Morgan fingerprint density at radius 1 is 1.21 bits per heavy atom. The molecule has 19 heavy (non-hydrogen) atoms. The summed E-state index contributed by atoms with van der Waals surface area (Å²) in [5, 5.41) is 8.15. The highest BCUT2D eigenvalue weighted by molar-refractivity contribution is 5.74. The third-order valence-corrected chi connectivity index (χ3v) is 3.32. The fourth-order valence-electron chi connectivity index (χ4n) is 2.21. The first-order valence-electron chi connectivity index (χ1n) is 6.34. The lowest BCUT2D eigenvalue weighted by molar-refractivity contribution is 0.111. The molecule has 2 rings (SSSR count). The Balaban J connectivity index is 2.73. The molecule has 0 aliphatic carbocycles. The second-order valence-corrected chi connectivity index (χ2v) is 5.82. The van der Waals surface area contributed by atoms with Gasteiger partial charge in [-0.25, -0.2) is 4.68 Å². The lowest BCUT2D eigenvalue weighted by Gasteiger charge is -2.21. The summed E-state index contributed by atoms with van der Waals surface area (Å²) in [6, 6.07) is 6.06. The van der Waals surface area contributed by atoms with Gasteiger partial charge in [-0.1, -0.05) is 38.1 Å². The lowest BCUT2D eigenvalue weighted by Crippen LogP contribution is -2.20. The van der Waals surface area contributed by atoms with Gasteiger partial charge in [0.05, 0.1) is 11.4 Å². The van der Waals surface area contributed by atoms with Crippen molar-refractivity contribution >= 4 is 6.29 Å². The van der Waals surface area contributed by atoms with E-state index in [0.717, 1.165) is 23.2 Å². The molecule has 0 N–H and O–H groups in total. The average Bonchev–Trinajstić information content (AvgIpc) is 2.76. The molecule has 0 amide bonds. The van der Waals surface area contributed by atoms with Gasteiger partial charge in [0, 0.05) is 5.41 Å². The van der Waals surface area contributed by atoms with Crippen LogP contribution in [-0.4, -0.2) is 21.3 Å². The molecule has 0 atom stereocenters. The van der Waals surface area contributed by atoms with Crippen molar-refractivity contribution in [2.45, 2.75) is 40.0 Å². The molecule has 0 spiro atoms. The van der Waals surface area contributed by atoms with Crippen molar-refractivity contribution in [1.82, 2.24) is 15.0 Å². The molecule has 0 fully saturated rings. The zero-order chi connectivity index (χ0) is 14.2. The Morgan fingerprint density at radius 2 is 1.89 bits per heavy atom. The van der Waals surface area contributed by atoms with E-state index in [1.807, 2.05) is 12.1 Å². The van der Waals surface area contributed by atoms with Gasteiger partial charge in [-0.15, -0.1) is 5.10 Å². The molecule has 0 saturated carbocycles. The van der Waals surface area contributed by atoms with Crippen LogP contribution < -0.4 is 0 Å². The molecule has 4 nitrogen and oxygen atoms in total. The van der Waals surface area contributed by atoms with Gasteiger partial charge < -0.3 is 0 Å². The number of rotatable bonds is 2. The molecule has 2 aromatic rings. The number of hydrogen-bond acceptors (Lipinski definition) is 3. The minimum absolute atomic E-state index is 0.198. The number of aryl methyl sites for hydroxylation is 1. The SMILES string of the molecule is Cc1cccc(-n2nnc(C=O)c2C(C)(C)C)c1C. The van der Waals surface area contributed by atoms with Gasteiger partial charge in [0.1, 0.15) is 5.69 Å². The van der Waals surface area contributed by atoms with Crippen molar-refractivity contribution in [3.05, 3.63) is 40.7 Å². The molecule has 1 aromatic heterocycles. The minimum Gasteiger partial charge on any atom is -0.296 e. The highest BCUT2D eigenvalue weighted by Gasteiger charge is 2.26. The number of benzene rings is 1. The summed E-state index contributed by atoms with van der Waals surface area (Å²) >= 11 is 0. The zero-order valence-corrected chi connectivity index (χ0v) is 12.1. The third-order valence-electron chi connectivity index (χ3n) is 3.32. The van der Waals surface area contributed by atoms with Crippen LogP contribution in [0.3, 0.4) is 0 Å². The van der Waals surface area contributed by atoms with Crippen molar-refractivity contribution in [2.24, 2.45) is 0 Å². The van der Waals surface area contributed by atoms with Gasteiger partial charge in [0.25, 0.3) is 0 Å². The summed E-state index contributed by atoms with van der Waals surface area (Å²) in [5.41, 5.74) is 4.38. The van der Waals surface area contributed by atoms with Crippen molar-refractivity contribution in [2.75, 3.05) is 0 Å². The molecule has 1 heterocycles. The van der Waals surface area contributed by atoms with Crippen LogP contribution in [0, 0.1) is 13.8 Å². The van der Waals surface area contributed by atoms with Crippen molar-refractivity contribution in [1.29, 1.82) is 0 Å². The van der Waals surface area contributed by atoms with Gasteiger partial charge in [-0.05, 0) is 31.0 Å². The van der Waals surface area contributed by atoms with Gasteiger partial charge in [0.15, 0.2) is 6.29 Å². The molecule has 0 radical (unpaired) electrons. The van der Waals surface area contributed by atoms with E-state index in [4.69, 9.17) is 0 Å². The predicted molar refractivity (Wildman–Crippen MR) is 74.9 cm³/mol. The first kappa shape index (κ1) is 13.5. The molecule has 4 heteroatoms. The zero-order valence-electron chi connectivity index (χ0n) is 12.1. The molecule has 1 aromatic carbocycles. The lowest BCUT2D eigenvalue weighted by atomic mass is 9.90. The molecule has 0 saturated heterocycles. The summed E-state index contributed by atoms with van der Waals surface area (Å²) in [7, 11) is 0. The highest BCUT2D eigenvalue weighted by Crippen LogP contribution is 2.28. The molecular formula is C15H19N3O. The molecule has 0 aliphatic rings. The summed E-state index contributed by atoms with van der Waals surface area (Å²) < 4.78 is 1.78. The Hall–Kier alpha value is -1.97. The van der Waals surface area contributed by atoms with Crippen molar-refractivity contribution in [3.63, 3.8) is 0 Å². The van der Waals surface area contributed by atoms with E-state index in [-0.39, 0.29) is 5.41 Å². The quantitative estimate of drug-likeness (QED) is 0.777. The van der Waals surface area contributed by atoms with Gasteiger partial charge in [0.2, 0.25) is 0 Å². The van der Waals surface area contributed by atoms with E-state index in [1.165, 1.54) is 5.56 Å². The molecule has 0 bridgehead atoms. The van der Waals surface area contributed by atoms with E-state index >= 15 is 0 Å². The normalized spacial score (nSPS) is 11.6. The number of carbonyl (C=O) groups excluding carboxylic acids is 1. The van der Waals surface area contributed by atoms with Crippen LogP contribution in [-0.2, 0) is 5.41 Å². The Labute approximate surface area is 113 Å². The molecule has 0 unspecified atom stereocenters. The maximum absolute atomic E-state index is 11.2. The standard InChI is InChI=1S/C15H19N3O/c1-10-7-6-8-13(11(10)2)18-14(15(3,4)5)12(9-19)16-17-18/h6-9H,1-5H3. The first-order chi connectivity index (χ1) is 8.86. The first-order valence-corrected chi connectivity index (χ1v) is 6.34. The Bertz CT molecular complexity index is 621. The van der Waals surface area contributed by atoms with E-state index in [9.17, 15) is 4.79 Å². The molecule has 0 aliphatic heterocycles. The number of aldehydes is 1. The van der Waals surface area contributed by atoms with Crippen LogP contribution >= 0.6 is 0 Å². The predicted octanol–water partition coefficient (Wildman–Crippen LogP) is 2.99. The van der Waals surface area contributed by atoms with Crippen molar-refractivity contribution in [3.8, 4) is 5.69 Å².